The van der Waals surface area contributed by atoms with Crippen molar-refractivity contribution in [2.24, 2.45) is 0 Å². The van der Waals surface area contributed by atoms with Crippen LogP contribution in [-0.4, -0.2) is 30.6 Å². The summed E-state index contributed by atoms with van der Waals surface area (Å²) in [4.78, 5) is 28.5. The highest BCUT2D eigenvalue weighted by molar-refractivity contribution is 6.31. The summed E-state index contributed by atoms with van der Waals surface area (Å²) in [6.07, 6.45) is 0.576. The number of aryl methyl sites for hydroxylation is 1. The molecule has 144 valence electrons. The average molecular weight is 399 g/mol. The van der Waals surface area contributed by atoms with Crippen LogP contribution in [0.3, 0.4) is 0 Å². The number of esters is 1. The van der Waals surface area contributed by atoms with Crippen LogP contribution in [0.4, 0.5) is 5.69 Å². The Balaban J connectivity index is 1.48. The van der Waals surface area contributed by atoms with Crippen molar-refractivity contribution < 1.29 is 19.1 Å². The number of benzene rings is 2. The minimum atomic E-state index is -0.474. The van der Waals surface area contributed by atoms with Crippen molar-refractivity contribution in [1.29, 1.82) is 0 Å². The number of methoxy groups -OCH3 is 1. The van der Waals surface area contributed by atoms with Gasteiger partial charge in [-0.15, -0.1) is 0 Å². The Kier molecular flexibility index (Phi) is 6.45. The molecule has 2 aromatic carbocycles. The van der Waals surface area contributed by atoms with Gasteiger partial charge in [-0.05, 0) is 30.3 Å². The molecule has 28 heavy (non-hydrogen) atoms. The zero-order valence-electron chi connectivity index (χ0n) is 15.3. The summed E-state index contributed by atoms with van der Waals surface area (Å²) in [6, 6.07) is 16.5. The lowest BCUT2D eigenvalue weighted by molar-refractivity contribution is -0.147. The number of nitrogens with zero attached hydrogens (tertiary/aromatic N) is 1. The summed E-state index contributed by atoms with van der Waals surface area (Å²) in [7, 11) is 1.49. The Morgan fingerprint density at radius 2 is 1.93 bits per heavy atom. The molecule has 7 heteroatoms. The van der Waals surface area contributed by atoms with Gasteiger partial charge < -0.3 is 14.8 Å². The number of ether oxygens (including phenoxy) is 2. The van der Waals surface area contributed by atoms with Gasteiger partial charge in [-0.25, -0.2) is 0 Å². The molecule has 6 nitrogen and oxygen atoms in total. The van der Waals surface area contributed by atoms with Gasteiger partial charge in [0.1, 0.15) is 5.75 Å². The third-order valence-electron chi connectivity index (χ3n) is 4.04. The number of hydrogen-bond acceptors (Lipinski definition) is 5. The quantitative estimate of drug-likeness (QED) is 0.608. The first-order chi connectivity index (χ1) is 13.5. The maximum absolute atomic E-state index is 12.0. The standard InChI is InChI=1S/C21H19ClN2O4/c1-27-19-10-7-15(22)12-18(19)24-20(25)13-28-21(26)11-9-16-8-6-14-4-2-3-5-17(14)23-16/h2-8,10,12H,9,11,13H2,1H3,(H,24,25). The Labute approximate surface area is 167 Å². The van der Waals surface area contributed by atoms with E-state index in [2.05, 4.69) is 10.3 Å². The molecule has 0 bridgehead atoms. The van der Waals surface area contributed by atoms with Gasteiger partial charge in [0.05, 0.1) is 24.7 Å². The molecular weight excluding hydrogens is 380 g/mol. The van der Waals surface area contributed by atoms with E-state index in [1.54, 1.807) is 18.2 Å². The number of nitrogens with one attached hydrogen (secondary N) is 1. The number of carbonyl (C=O) groups excluding carboxylic acids is 2. The number of fused-ring (bicyclic) bond motifs is 1. The normalized spacial score (nSPS) is 10.5. The Morgan fingerprint density at radius 3 is 2.75 bits per heavy atom. The molecule has 3 aromatic rings. The maximum atomic E-state index is 12.0. The van der Waals surface area contributed by atoms with E-state index in [1.165, 1.54) is 7.11 Å². The molecule has 0 radical (unpaired) electrons. The average Bonchev–Trinajstić information content (AvgIpc) is 2.70. The Bertz CT molecular complexity index is 1010. The maximum Gasteiger partial charge on any atom is 0.306 e. The van der Waals surface area contributed by atoms with E-state index in [0.717, 1.165) is 16.6 Å². The Hall–Kier alpha value is -3.12. The molecule has 0 fully saturated rings. The molecule has 0 aliphatic carbocycles. The number of rotatable bonds is 7. The fourth-order valence-corrected chi connectivity index (χ4v) is 2.83. The number of hydrogen-bond donors (Lipinski definition) is 1. The molecule has 1 amide bonds. The number of aromatic nitrogens is 1. The second-order valence-electron chi connectivity index (χ2n) is 6.05. The van der Waals surface area contributed by atoms with E-state index in [9.17, 15) is 9.59 Å². The fourth-order valence-electron chi connectivity index (χ4n) is 2.66. The molecular formula is C21H19ClN2O4. The second-order valence-corrected chi connectivity index (χ2v) is 6.49. The van der Waals surface area contributed by atoms with E-state index in [-0.39, 0.29) is 13.0 Å². The summed E-state index contributed by atoms with van der Waals surface area (Å²) < 4.78 is 10.2. The molecule has 0 saturated carbocycles. The molecule has 3 rings (SSSR count). The van der Waals surface area contributed by atoms with Crippen LogP contribution in [0.2, 0.25) is 5.02 Å². The van der Waals surface area contributed by atoms with Gasteiger partial charge in [0.25, 0.3) is 5.91 Å². The SMILES string of the molecule is COc1ccc(Cl)cc1NC(=O)COC(=O)CCc1ccc2ccccc2n1. The van der Waals surface area contributed by atoms with Crippen LogP contribution in [0.1, 0.15) is 12.1 Å². The van der Waals surface area contributed by atoms with E-state index < -0.39 is 11.9 Å². The lowest BCUT2D eigenvalue weighted by Crippen LogP contribution is -2.21. The van der Waals surface area contributed by atoms with Crippen LogP contribution in [0.5, 0.6) is 5.75 Å². The minimum Gasteiger partial charge on any atom is -0.495 e. The molecule has 0 aliphatic heterocycles. The zero-order chi connectivity index (χ0) is 19.9. The smallest absolute Gasteiger partial charge is 0.306 e. The molecule has 1 aromatic heterocycles. The number of halogens is 1. The van der Waals surface area contributed by atoms with Crippen LogP contribution in [0.25, 0.3) is 10.9 Å². The van der Waals surface area contributed by atoms with E-state index in [0.29, 0.717) is 22.9 Å². The molecule has 0 spiro atoms. The predicted octanol–water partition coefficient (Wildman–Crippen LogP) is 4.01. The minimum absolute atomic E-state index is 0.138. The summed E-state index contributed by atoms with van der Waals surface area (Å²) in [5.74, 6) is -0.479. The van der Waals surface area contributed by atoms with Gasteiger partial charge in [0.2, 0.25) is 0 Å². The summed E-state index contributed by atoms with van der Waals surface area (Å²) in [5.41, 5.74) is 2.09. The van der Waals surface area contributed by atoms with Crippen molar-refractivity contribution in [3.8, 4) is 5.75 Å². The lowest BCUT2D eigenvalue weighted by atomic mass is 10.1. The van der Waals surface area contributed by atoms with Crippen LogP contribution in [-0.2, 0) is 20.7 Å². The summed E-state index contributed by atoms with van der Waals surface area (Å²) >= 11 is 5.92. The van der Waals surface area contributed by atoms with Gasteiger partial charge in [-0.3, -0.25) is 14.6 Å². The summed E-state index contributed by atoms with van der Waals surface area (Å²) in [5, 5.41) is 4.11. The van der Waals surface area contributed by atoms with Gasteiger partial charge in [-0.2, -0.15) is 0 Å². The first kappa shape index (κ1) is 19.6. The number of amides is 1. The first-order valence-corrected chi connectivity index (χ1v) is 9.06. The Morgan fingerprint density at radius 1 is 1.11 bits per heavy atom. The third-order valence-corrected chi connectivity index (χ3v) is 4.28. The number of carbonyl (C=O) groups is 2. The van der Waals surface area contributed by atoms with Gasteiger partial charge in [-0.1, -0.05) is 35.9 Å². The number of anilines is 1. The predicted molar refractivity (Wildman–Crippen MR) is 108 cm³/mol. The second kappa shape index (κ2) is 9.19. The van der Waals surface area contributed by atoms with Gasteiger partial charge in [0.15, 0.2) is 6.61 Å². The van der Waals surface area contributed by atoms with Crippen molar-refractivity contribution in [2.45, 2.75) is 12.8 Å². The topological polar surface area (TPSA) is 77.5 Å². The number of pyridine rings is 1. The summed E-state index contributed by atoms with van der Waals surface area (Å²) in [6.45, 7) is -0.389. The molecule has 1 N–H and O–H groups in total. The van der Waals surface area contributed by atoms with Crippen LogP contribution < -0.4 is 10.1 Å². The molecule has 0 unspecified atom stereocenters. The van der Waals surface area contributed by atoms with Crippen LogP contribution in [0.15, 0.2) is 54.6 Å². The highest BCUT2D eigenvalue weighted by Gasteiger charge is 2.12. The van der Waals surface area contributed by atoms with Gasteiger partial charge >= 0.3 is 5.97 Å². The zero-order valence-corrected chi connectivity index (χ0v) is 16.0. The van der Waals surface area contributed by atoms with Gasteiger partial charge in [0, 0.05) is 22.5 Å². The third kappa shape index (κ3) is 5.20. The van der Waals surface area contributed by atoms with E-state index in [1.807, 2.05) is 36.4 Å². The monoisotopic (exact) mass is 398 g/mol. The molecule has 0 atom stereocenters. The van der Waals surface area contributed by atoms with Crippen molar-refractivity contribution >= 4 is 40.1 Å². The highest BCUT2D eigenvalue weighted by atomic mass is 35.5. The van der Waals surface area contributed by atoms with Crippen LogP contribution >= 0.6 is 11.6 Å². The molecule has 1 heterocycles. The van der Waals surface area contributed by atoms with E-state index in [4.69, 9.17) is 21.1 Å². The van der Waals surface area contributed by atoms with Crippen LogP contribution in [0, 0.1) is 0 Å². The van der Waals surface area contributed by atoms with Crippen molar-refractivity contribution in [1.82, 2.24) is 4.98 Å². The van der Waals surface area contributed by atoms with E-state index >= 15 is 0 Å². The molecule has 0 saturated heterocycles. The first-order valence-electron chi connectivity index (χ1n) is 8.69. The molecule has 0 aliphatic rings. The lowest BCUT2D eigenvalue weighted by Gasteiger charge is -2.11. The van der Waals surface area contributed by atoms with Crippen molar-refractivity contribution in [2.75, 3.05) is 19.0 Å². The fraction of sp³-hybridized carbons (Fsp3) is 0.190. The largest absolute Gasteiger partial charge is 0.495 e. The van der Waals surface area contributed by atoms with Crippen molar-refractivity contribution in [3.63, 3.8) is 0 Å². The van der Waals surface area contributed by atoms with Crippen molar-refractivity contribution in [3.05, 3.63) is 65.3 Å². The highest BCUT2D eigenvalue weighted by Crippen LogP contribution is 2.27. The number of para-hydroxylation sites is 1.